The van der Waals surface area contributed by atoms with Gasteiger partial charge in [-0.3, -0.25) is 9.59 Å². The molecule has 174 valence electrons. The number of anilines is 2. The third-order valence-corrected chi connectivity index (χ3v) is 6.43. The van der Waals surface area contributed by atoms with Crippen LogP contribution < -0.4 is 15.0 Å². The minimum Gasteiger partial charge on any atom is -0.482 e. The Morgan fingerprint density at radius 3 is 2.50 bits per heavy atom. The standard InChI is InChI=1S/C26H24N2O5S/c1-32-25(30)16-33-20-12-10-19(11-13-20)27-26(31)21-7-3-5-9-23(21)34-17-24(29)28-15-14-18-6-2-4-8-22(18)28/h2-13H,14-17H2,1H3,(H,27,31). The van der Waals surface area contributed by atoms with Crippen LogP contribution in [0.2, 0.25) is 0 Å². The summed E-state index contributed by atoms with van der Waals surface area (Å²) < 4.78 is 9.86. The average molecular weight is 477 g/mol. The second-order valence-corrected chi connectivity index (χ2v) is 8.57. The summed E-state index contributed by atoms with van der Waals surface area (Å²) >= 11 is 1.35. The minimum absolute atomic E-state index is 0.0210. The Bertz CT molecular complexity index is 1200. The predicted octanol–water partition coefficient (Wildman–Crippen LogP) is 4.17. The highest BCUT2D eigenvalue weighted by Gasteiger charge is 2.24. The molecule has 3 aromatic rings. The van der Waals surface area contributed by atoms with E-state index in [0.29, 0.717) is 23.5 Å². The summed E-state index contributed by atoms with van der Waals surface area (Å²) in [6, 6.07) is 21.9. The summed E-state index contributed by atoms with van der Waals surface area (Å²) in [7, 11) is 1.29. The van der Waals surface area contributed by atoms with Gasteiger partial charge < -0.3 is 19.7 Å². The number of ether oxygens (including phenoxy) is 2. The zero-order valence-electron chi connectivity index (χ0n) is 18.7. The normalized spacial score (nSPS) is 12.1. The van der Waals surface area contributed by atoms with Gasteiger partial charge in [-0.15, -0.1) is 11.8 Å². The Kier molecular flexibility index (Phi) is 7.49. The van der Waals surface area contributed by atoms with Crippen molar-refractivity contribution in [1.82, 2.24) is 0 Å². The van der Waals surface area contributed by atoms with E-state index < -0.39 is 5.97 Å². The third kappa shape index (κ3) is 5.58. The van der Waals surface area contributed by atoms with E-state index in [-0.39, 0.29) is 24.2 Å². The van der Waals surface area contributed by atoms with Gasteiger partial charge in [-0.1, -0.05) is 30.3 Å². The van der Waals surface area contributed by atoms with Crippen molar-refractivity contribution < 1.29 is 23.9 Å². The lowest BCUT2D eigenvalue weighted by atomic mass is 10.2. The van der Waals surface area contributed by atoms with Crippen LogP contribution in [0.1, 0.15) is 15.9 Å². The number of amides is 2. The Labute approximate surface area is 202 Å². The van der Waals surface area contributed by atoms with E-state index in [1.807, 2.05) is 41.3 Å². The number of para-hydroxylation sites is 1. The molecule has 1 heterocycles. The number of benzene rings is 3. The average Bonchev–Trinajstić information content (AvgIpc) is 3.31. The molecule has 0 aromatic heterocycles. The van der Waals surface area contributed by atoms with Crippen LogP contribution >= 0.6 is 11.8 Å². The molecular formula is C26H24N2O5S. The molecule has 0 unspecified atom stereocenters. The maximum absolute atomic E-state index is 12.9. The Morgan fingerprint density at radius 1 is 0.971 bits per heavy atom. The molecule has 0 spiro atoms. The molecule has 1 aliphatic heterocycles. The summed E-state index contributed by atoms with van der Waals surface area (Å²) in [5, 5.41) is 2.86. The van der Waals surface area contributed by atoms with E-state index in [2.05, 4.69) is 10.1 Å². The summed E-state index contributed by atoms with van der Waals surface area (Å²) in [5.74, 6) is 0.00321. The van der Waals surface area contributed by atoms with Crippen molar-refractivity contribution in [2.45, 2.75) is 11.3 Å². The van der Waals surface area contributed by atoms with Gasteiger partial charge in [-0.2, -0.15) is 0 Å². The highest BCUT2D eigenvalue weighted by atomic mass is 32.2. The van der Waals surface area contributed by atoms with Gasteiger partial charge in [0.05, 0.1) is 18.4 Å². The maximum atomic E-state index is 12.9. The zero-order chi connectivity index (χ0) is 23.9. The van der Waals surface area contributed by atoms with E-state index in [9.17, 15) is 14.4 Å². The topological polar surface area (TPSA) is 84.9 Å². The number of thioether (sulfide) groups is 1. The summed E-state index contributed by atoms with van der Waals surface area (Å²) in [5.41, 5.74) is 3.23. The molecule has 3 aromatic carbocycles. The first-order valence-electron chi connectivity index (χ1n) is 10.8. The van der Waals surface area contributed by atoms with E-state index in [4.69, 9.17) is 4.74 Å². The molecule has 8 heteroatoms. The van der Waals surface area contributed by atoms with Gasteiger partial charge in [0, 0.05) is 22.8 Å². The third-order valence-electron chi connectivity index (χ3n) is 5.37. The number of carbonyl (C=O) groups excluding carboxylic acids is 3. The second-order valence-electron chi connectivity index (χ2n) is 7.55. The van der Waals surface area contributed by atoms with Gasteiger partial charge in [0.25, 0.3) is 5.91 Å². The van der Waals surface area contributed by atoms with Gasteiger partial charge in [0.2, 0.25) is 5.91 Å². The van der Waals surface area contributed by atoms with E-state index in [0.717, 1.165) is 17.0 Å². The van der Waals surface area contributed by atoms with Crippen molar-refractivity contribution >= 4 is 40.9 Å². The molecule has 0 saturated carbocycles. The van der Waals surface area contributed by atoms with Crippen LogP contribution in [-0.4, -0.2) is 43.8 Å². The minimum atomic E-state index is -0.473. The Balaban J connectivity index is 1.37. The fraction of sp³-hybridized carbons (Fsp3) is 0.192. The van der Waals surface area contributed by atoms with Crippen LogP contribution in [0.25, 0.3) is 0 Å². The monoisotopic (exact) mass is 476 g/mol. The molecule has 4 rings (SSSR count). The van der Waals surface area contributed by atoms with Crippen molar-refractivity contribution in [2.24, 2.45) is 0 Å². The molecule has 1 aliphatic rings. The van der Waals surface area contributed by atoms with Crippen LogP contribution in [0.15, 0.2) is 77.7 Å². The molecule has 0 bridgehead atoms. The molecule has 0 atom stereocenters. The highest BCUT2D eigenvalue weighted by molar-refractivity contribution is 8.00. The second kappa shape index (κ2) is 10.9. The first-order valence-corrected chi connectivity index (χ1v) is 11.7. The molecular weight excluding hydrogens is 452 g/mol. The molecule has 7 nitrogen and oxygen atoms in total. The van der Waals surface area contributed by atoms with Gasteiger partial charge in [0.1, 0.15) is 5.75 Å². The Morgan fingerprint density at radius 2 is 1.71 bits per heavy atom. The van der Waals surface area contributed by atoms with Gasteiger partial charge >= 0.3 is 5.97 Å². The van der Waals surface area contributed by atoms with Crippen LogP contribution in [0, 0.1) is 0 Å². The summed E-state index contributed by atoms with van der Waals surface area (Å²) in [4.78, 5) is 39.5. The number of hydrogen-bond acceptors (Lipinski definition) is 6. The molecule has 0 fully saturated rings. The van der Waals surface area contributed by atoms with E-state index >= 15 is 0 Å². The lowest BCUT2D eigenvalue weighted by Gasteiger charge is -2.17. The van der Waals surface area contributed by atoms with Gasteiger partial charge in [-0.25, -0.2) is 4.79 Å². The van der Waals surface area contributed by atoms with E-state index in [1.54, 1.807) is 36.4 Å². The smallest absolute Gasteiger partial charge is 0.343 e. The number of nitrogens with zero attached hydrogens (tertiary/aromatic N) is 1. The van der Waals surface area contributed by atoms with Crippen molar-refractivity contribution in [3.63, 3.8) is 0 Å². The summed E-state index contributed by atoms with van der Waals surface area (Å²) in [6.07, 6.45) is 0.859. The highest BCUT2D eigenvalue weighted by Crippen LogP contribution is 2.30. The van der Waals surface area contributed by atoms with Crippen molar-refractivity contribution in [1.29, 1.82) is 0 Å². The van der Waals surface area contributed by atoms with Crippen molar-refractivity contribution in [3.8, 4) is 5.75 Å². The van der Waals surface area contributed by atoms with Crippen molar-refractivity contribution in [2.75, 3.05) is 36.2 Å². The van der Waals surface area contributed by atoms with Crippen LogP contribution in [0.3, 0.4) is 0 Å². The lowest BCUT2D eigenvalue weighted by molar-refractivity contribution is -0.142. The molecule has 0 saturated heterocycles. The quantitative estimate of drug-likeness (QED) is 0.388. The van der Waals surface area contributed by atoms with Crippen LogP contribution in [0.4, 0.5) is 11.4 Å². The number of fused-ring (bicyclic) bond motifs is 1. The molecule has 1 N–H and O–H groups in total. The molecule has 34 heavy (non-hydrogen) atoms. The SMILES string of the molecule is COC(=O)COc1ccc(NC(=O)c2ccccc2SCC(=O)N2CCc3ccccc32)cc1. The Hall–Kier alpha value is -3.78. The van der Waals surface area contributed by atoms with Gasteiger partial charge in [0.15, 0.2) is 6.61 Å². The molecule has 2 amide bonds. The number of methoxy groups -OCH3 is 1. The molecule has 0 aliphatic carbocycles. The van der Waals surface area contributed by atoms with Crippen LogP contribution in [-0.2, 0) is 20.7 Å². The van der Waals surface area contributed by atoms with E-state index in [1.165, 1.54) is 24.4 Å². The predicted molar refractivity (Wildman–Crippen MR) is 132 cm³/mol. The largest absolute Gasteiger partial charge is 0.482 e. The first kappa shape index (κ1) is 23.4. The van der Waals surface area contributed by atoms with Crippen molar-refractivity contribution in [3.05, 3.63) is 83.9 Å². The lowest BCUT2D eigenvalue weighted by Crippen LogP contribution is -2.30. The fourth-order valence-electron chi connectivity index (χ4n) is 3.63. The number of hydrogen-bond donors (Lipinski definition) is 1. The maximum Gasteiger partial charge on any atom is 0.343 e. The van der Waals surface area contributed by atoms with Gasteiger partial charge in [-0.05, 0) is 54.4 Å². The summed E-state index contributed by atoms with van der Waals surface area (Å²) in [6.45, 7) is 0.495. The first-order chi connectivity index (χ1) is 16.5. The number of carbonyl (C=O) groups is 3. The fourth-order valence-corrected chi connectivity index (χ4v) is 4.55. The number of nitrogens with one attached hydrogen (secondary N) is 1. The van der Waals surface area contributed by atoms with Crippen LogP contribution in [0.5, 0.6) is 5.75 Å². The number of esters is 1. The number of rotatable bonds is 8. The zero-order valence-corrected chi connectivity index (χ0v) is 19.5. The molecule has 0 radical (unpaired) electrons.